The molecule has 2 amide bonds. The highest BCUT2D eigenvalue weighted by atomic mass is 16.2. The van der Waals surface area contributed by atoms with E-state index in [0.29, 0.717) is 11.3 Å². The maximum Gasteiger partial charge on any atom is 0.251 e. The van der Waals surface area contributed by atoms with Gasteiger partial charge in [0.1, 0.15) is 6.04 Å². The first-order valence-corrected chi connectivity index (χ1v) is 8.81. The molecule has 5 heteroatoms. The number of amides is 2. The summed E-state index contributed by atoms with van der Waals surface area (Å²) in [4.78, 5) is 29.1. The van der Waals surface area contributed by atoms with Crippen molar-refractivity contribution in [2.24, 2.45) is 5.92 Å². The molecule has 0 saturated carbocycles. The van der Waals surface area contributed by atoms with Crippen LogP contribution in [-0.2, 0) is 10.2 Å². The zero-order valence-corrected chi connectivity index (χ0v) is 16.0. The lowest BCUT2D eigenvalue weighted by Crippen LogP contribution is -2.47. The molecule has 0 fully saturated rings. The molecule has 1 heterocycles. The van der Waals surface area contributed by atoms with Crippen LogP contribution in [0.4, 0.5) is 5.69 Å². The molecular formula is C21H27N3O2. The van der Waals surface area contributed by atoms with E-state index in [1.165, 1.54) is 0 Å². The smallest absolute Gasteiger partial charge is 0.251 e. The van der Waals surface area contributed by atoms with E-state index in [1.807, 2.05) is 26.0 Å². The second kappa shape index (κ2) is 8.13. The van der Waals surface area contributed by atoms with E-state index < -0.39 is 6.04 Å². The Morgan fingerprint density at radius 2 is 1.69 bits per heavy atom. The van der Waals surface area contributed by atoms with Crippen molar-refractivity contribution in [3.8, 4) is 0 Å². The van der Waals surface area contributed by atoms with Gasteiger partial charge in [0.15, 0.2) is 0 Å². The number of anilines is 1. The van der Waals surface area contributed by atoms with Crippen LogP contribution in [0.3, 0.4) is 0 Å². The number of carbonyl (C=O) groups is 2. The van der Waals surface area contributed by atoms with E-state index in [9.17, 15) is 9.59 Å². The summed E-state index contributed by atoms with van der Waals surface area (Å²) < 4.78 is 0. The Hall–Kier alpha value is -2.69. The number of hydrogen-bond acceptors (Lipinski definition) is 3. The van der Waals surface area contributed by atoms with Crippen LogP contribution in [0.15, 0.2) is 48.8 Å². The van der Waals surface area contributed by atoms with Crippen molar-refractivity contribution in [1.82, 2.24) is 10.3 Å². The molecule has 0 unspecified atom stereocenters. The Balaban J connectivity index is 2.09. The minimum absolute atomic E-state index is 0.0269. The lowest BCUT2D eigenvalue weighted by atomic mass is 9.86. The molecule has 5 nitrogen and oxygen atoms in total. The van der Waals surface area contributed by atoms with Crippen LogP contribution in [0, 0.1) is 5.92 Å². The number of nitrogens with zero attached hydrogens (tertiary/aromatic N) is 1. The molecule has 2 N–H and O–H groups in total. The van der Waals surface area contributed by atoms with Crippen molar-refractivity contribution in [3.05, 3.63) is 59.9 Å². The van der Waals surface area contributed by atoms with Gasteiger partial charge < -0.3 is 10.6 Å². The molecule has 0 spiro atoms. The third-order valence-electron chi connectivity index (χ3n) is 4.18. The average Bonchev–Trinajstić information content (AvgIpc) is 2.59. The summed E-state index contributed by atoms with van der Waals surface area (Å²) in [5.74, 6) is -0.567. The molecule has 0 aliphatic carbocycles. The van der Waals surface area contributed by atoms with E-state index in [2.05, 4.69) is 36.4 Å². The van der Waals surface area contributed by atoms with Crippen LogP contribution < -0.4 is 10.6 Å². The van der Waals surface area contributed by atoms with Gasteiger partial charge in [-0.25, -0.2) is 0 Å². The molecule has 1 aromatic carbocycles. The van der Waals surface area contributed by atoms with Crippen LogP contribution in [0.5, 0.6) is 0 Å². The van der Waals surface area contributed by atoms with Gasteiger partial charge >= 0.3 is 0 Å². The number of hydrogen-bond donors (Lipinski definition) is 2. The lowest BCUT2D eigenvalue weighted by Gasteiger charge is -2.22. The SMILES string of the molecule is CC(C)[C@@H](NC(=O)c1ccc(C(C)(C)C)cc1)C(=O)Nc1cccnc1. The van der Waals surface area contributed by atoms with Gasteiger partial charge in [0, 0.05) is 11.8 Å². The second-order valence-corrected chi connectivity index (χ2v) is 7.75. The predicted molar refractivity (Wildman–Crippen MR) is 104 cm³/mol. The maximum atomic E-state index is 12.6. The van der Waals surface area contributed by atoms with Crippen LogP contribution in [0.25, 0.3) is 0 Å². The molecule has 0 bridgehead atoms. The van der Waals surface area contributed by atoms with Gasteiger partial charge in [0.2, 0.25) is 5.91 Å². The summed E-state index contributed by atoms with van der Waals surface area (Å²) in [7, 11) is 0. The fraction of sp³-hybridized carbons (Fsp3) is 0.381. The number of benzene rings is 1. The quantitative estimate of drug-likeness (QED) is 0.859. The van der Waals surface area contributed by atoms with Gasteiger partial charge in [-0.05, 0) is 41.2 Å². The summed E-state index contributed by atoms with van der Waals surface area (Å²) in [6, 6.07) is 10.4. The molecule has 0 aliphatic heterocycles. The zero-order chi connectivity index (χ0) is 19.3. The summed E-state index contributed by atoms with van der Waals surface area (Å²) in [5, 5.41) is 5.63. The number of aromatic nitrogens is 1. The van der Waals surface area contributed by atoms with Crippen molar-refractivity contribution in [1.29, 1.82) is 0 Å². The minimum Gasteiger partial charge on any atom is -0.340 e. The molecule has 1 atom stereocenters. The second-order valence-electron chi connectivity index (χ2n) is 7.75. The molecule has 2 aromatic rings. The molecular weight excluding hydrogens is 326 g/mol. The summed E-state index contributed by atoms with van der Waals surface area (Å²) in [6.07, 6.45) is 3.21. The topological polar surface area (TPSA) is 71.1 Å². The first-order valence-electron chi connectivity index (χ1n) is 8.81. The van der Waals surface area contributed by atoms with Crippen LogP contribution in [-0.4, -0.2) is 22.8 Å². The van der Waals surface area contributed by atoms with Crippen LogP contribution in [0.1, 0.15) is 50.5 Å². The Bertz CT molecular complexity index is 747. The van der Waals surface area contributed by atoms with E-state index >= 15 is 0 Å². The fourth-order valence-electron chi connectivity index (χ4n) is 2.54. The monoisotopic (exact) mass is 353 g/mol. The van der Waals surface area contributed by atoms with E-state index in [-0.39, 0.29) is 23.1 Å². The Labute approximate surface area is 155 Å². The number of rotatable bonds is 5. The highest BCUT2D eigenvalue weighted by Crippen LogP contribution is 2.22. The predicted octanol–water partition coefficient (Wildman–Crippen LogP) is 3.77. The summed E-state index contributed by atoms with van der Waals surface area (Å²) in [5.41, 5.74) is 2.33. The Kier molecular flexibility index (Phi) is 6.14. The highest BCUT2D eigenvalue weighted by molar-refractivity contribution is 6.01. The van der Waals surface area contributed by atoms with Crippen LogP contribution >= 0.6 is 0 Å². The van der Waals surface area contributed by atoms with Crippen LogP contribution in [0.2, 0.25) is 0 Å². The van der Waals surface area contributed by atoms with E-state index in [4.69, 9.17) is 0 Å². The molecule has 0 aliphatic rings. The van der Waals surface area contributed by atoms with Crippen molar-refractivity contribution in [3.63, 3.8) is 0 Å². The normalized spacial score (nSPS) is 12.5. The van der Waals surface area contributed by atoms with Gasteiger partial charge in [-0.2, -0.15) is 0 Å². The van der Waals surface area contributed by atoms with Crippen molar-refractivity contribution >= 4 is 17.5 Å². The summed E-state index contributed by atoms with van der Waals surface area (Å²) >= 11 is 0. The lowest BCUT2D eigenvalue weighted by molar-refractivity contribution is -0.118. The Morgan fingerprint density at radius 1 is 1.04 bits per heavy atom. The van der Waals surface area contributed by atoms with Gasteiger partial charge in [-0.3, -0.25) is 14.6 Å². The zero-order valence-electron chi connectivity index (χ0n) is 16.0. The summed E-state index contributed by atoms with van der Waals surface area (Å²) in [6.45, 7) is 10.2. The third kappa shape index (κ3) is 5.15. The largest absolute Gasteiger partial charge is 0.340 e. The Morgan fingerprint density at radius 3 is 2.19 bits per heavy atom. The van der Waals surface area contributed by atoms with E-state index in [1.54, 1.807) is 36.7 Å². The van der Waals surface area contributed by atoms with Gasteiger partial charge in [0.25, 0.3) is 5.91 Å². The number of pyridine rings is 1. The average molecular weight is 353 g/mol. The molecule has 26 heavy (non-hydrogen) atoms. The molecule has 1 aromatic heterocycles. The van der Waals surface area contributed by atoms with Crippen molar-refractivity contribution < 1.29 is 9.59 Å². The minimum atomic E-state index is -0.634. The first-order chi connectivity index (χ1) is 12.2. The third-order valence-corrected chi connectivity index (χ3v) is 4.18. The van der Waals surface area contributed by atoms with Gasteiger partial charge in [-0.1, -0.05) is 46.8 Å². The van der Waals surface area contributed by atoms with Crippen molar-refractivity contribution in [2.45, 2.75) is 46.1 Å². The first kappa shape index (κ1) is 19.6. The van der Waals surface area contributed by atoms with Gasteiger partial charge in [0.05, 0.1) is 11.9 Å². The molecule has 0 saturated heterocycles. The van der Waals surface area contributed by atoms with E-state index in [0.717, 1.165) is 5.56 Å². The number of carbonyl (C=O) groups excluding carboxylic acids is 2. The van der Waals surface area contributed by atoms with Gasteiger partial charge in [-0.15, -0.1) is 0 Å². The molecule has 0 radical (unpaired) electrons. The van der Waals surface area contributed by atoms with Crippen molar-refractivity contribution in [2.75, 3.05) is 5.32 Å². The number of nitrogens with one attached hydrogen (secondary N) is 2. The molecule has 2 rings (SSSR count). The maximum absolute atomic E-state index is 12.6. The standard InChI is InChI=1S/C21H27N3O2/c1-14(2)18(20(26)23-17-7-6-12-22-13-17)24-19(25)15-8-10-16(11-9-15)21(3,4)5/h6-14,18H,1-5H3,(H,23,26)(H,24,25)/t18-/m1/s1. The highest BCUT2D eigenvalue weighted by Gasteiger charge is 2.25. The molecule has 138 valence electrons. The fourth-order valence-corrected chi connectivity index (χ4v) is 2.54.